The first-order chi connectivity index (χ1) is 20.7. The highest BCUT2D eigenvalue weighted by atomic mass is 35.5. The van der Waals surface area contributed by atoms with Crippen LogP contribution < -0.4 is 20.1 Å². The summed E-state index contributed by atoms with van der Waals surface area (Å²) >= 11 is 14.0. The van der Waals surface area contributed by atoms with Crippen molar-refractivity contribution in [2.24, 2.45) is 0 Å². The zero-order valence-electron chi connectivity index (χ0n) is 24.6. The Bertz CT molecular complexity index is 1700. The van der Waals surface area contributed by atoms with Crippen LogP contribution in [0.25, 0.3) is 0 Å². The highest BCUT2D eigenvalue weighted by molar-refractivity contribution is 7.99. The third-order valence-corrected chi connectivity index (χ3v) is 8.49. The molecule has 11 heteroatoms. The predicted molar refractivity (Wildman–Crippen MR) is 174 cm³/mol. The highest BCUT2D eigenvalue weighted by Gasteiger charge is 2.35. The van der Waals surface area contributed by atoms with Crippen molar-refractivity contribution in [2.75, 3.05) is 23.0 Å². The molecule has 2 N–H and O–H groups in total. The van der Waals surface area contributed by atoms with E-state index in [9.17, 15) is 4.79 Å². The van der Waals surface area contributed by atoms with E-state index < -0.39 is 6.04 Å². The monoisotopic (exact) mass is 637 g/mol. The fourth-order valence-electron chi connectivity index (χ4n) is 4.88. The van der Waals surface area contributed by atoms with Crippen molar-refractivity contribution in [3.05, 3.63) is 98.2 Å². The lowest BCUT2D eigenvalue weighted by Crippen LogP contribution is -2.31. The molecule has 3 aromatic carbocycles. The molecule has 1 aliphatic heterocycles. The van der Waals surface area contributed by atoms with Crippen molar-refractivity contribution in [3.8, 4) is 11.5 Å². The number of amides is 1. The minimum absolute atomic E-state index is 0.231. The van der Waals surface area contributed by atoms with Crippen LogP contribution in [0, 0.1) is 13.8 Å². The fourth-order valence-corrected chi connectivity index (χ4v) is 5.89. The molecule has 0 bridgehead atoms. The number of halogens is 2. The summed E-state index contributed by atoms with van der Waals surface area (Å²) in [5, 5.41) is 12.9. The summed E-state index contributed by atoms with van der Waals surface area (Å²) in [4.78, 5) is 18.7. The van der Waals surface area contributed by atoms with E-state index in [0.717, 1.165) is 33.7 Å². The van der Waals surface area contributed by atoms with Crippen molar-refractivity contribution in [3.63, 3.8) is 0 Å². The van der Waals surface area contributed by atoms with Gasteiger partial charge >= 0.3 is 0 Å². The standard InChI is InChI=1S/C32H33Cl2N5O3S/c1-6-41-27-15-21(12-14-26(27)42-17-22-11-13-23(33)16-24(22)34)29-28(30(40)36-25-10-8-9-18(3)19(25)4)20(5)35-31-37-32(43-7-2)38-39(29)31/h8-16,29H,6-7,17H2,1-5H3,(H,36,40)(H,35,37,38). The van der Waals surface area contributed by atoms with Crippen LogP contribution in [0.5, 0.6) is 11.5 Å². The van der Waals surface area contributed by atoms with E-state index in [2.05, 4.69) is 15.6 Å². The van der Waals surface area contributed by atoms with Crippen molar-refractivity contribution in [2.45, 2.75) is 52.4 Å². The Balaban J connectivity index is 1.54. The van der Waals surface area contributed by atoms with Crippen LogP contribution >= 0.6 is 35.0 Å². The van der Waals surface area contributed by atoms with Crippen LogP contribution in [0.4, 0.5) is 11.6 Å². The maximum absolute atomic E-state index is 14.0. The Labute approximate surface area is 265 Å². The maximum atomic E-state index is 14.0. The van der Waals surface area contributed by atoms with Crippen molar-refractivity contribution in [1.82, 2.24) is 14.8 Å². The summed E-state index contributed by atoms with van der Waals surface area (Å²) in [6, 6.07) is 16.3. The third kappa shape index (κ3) is 6.64. The predicted octanol–water partition coefficient (Wildman–Crippen LogP) is 8.22. The smallest absolute Gasteiger partial charge is 0.255 e. The molecule has 2 heterocycles. The summed E-state index contributed by atoms with van der Waals surface area (Å²) in [7, 11) is 0. The molecule has 1 aliphatic rings. The van der Waals surface area contributed by atoms with E-state index >= 15 is 0 Å². The van der Waals surface area contributed by atoms with Crippen molar-refractivity contribution < 1.29 is 14.3 Å². The number of carbonyl (C=O) groups excluding carboxylic acids is 1. The second-order valence-electron chi connectivity index (χ2n) is 10.0. The van der Waals surface area contributed by atoms with E-state index in [1.807, 2.05) is 77.1 Å². The Hall–Kier alpha value is -3.66. The normalized spacial score (nSPS) is 14.3. The van der Waals surface area contributed by atoms with Crippen LogP contribution in [0.1, 0.15) is 49.1 Å². The number of benzene rings is 3. The number of aryl methyl sites for hydroxylation is 1. The molecular weight excluding hydrogens is 605 g/mol. The van der Waals surface area contributed by atoms with Gasteiger partial charge in [-0.05, 0) is 80.5 Å². The van der Waals surface area contributed by atoms with Gasteiger partial charge in [-0.3, -0.25) is 4.79 Å². The minimum atomic E-state index is -0.570. The first-order valence-corrected chi connectivity index (χ1v) is 15.7. The molecule has 8 nitrogen and oxygen atoms in total. The largest absolute Gasteiger partial charge is 0.490 e. The van der Waals surface area contributed by atoms with Crippen LogP contribution in [-0.4, -0.2) is 33.0 Å². The molecule has 0 saturated carbocycles. The van der Waals surface area contributed by atoms with Gasteiger partial charge in [0.15, 0.2) is 11.5 Å². The molecule has 4 aromatic rings. The number of rotatable bonds is 10. The molecule has 0 aliphatic carbocycles. The molecule has 0 radical (unpaired) electrons. The Kier molecular flexibility index (Phi) is 9.54. The molecule has 1 unspecified atom stereocenters. The van der Waals surface area contributed by atoms with E-state index in [-0.39, 0.29) is 12.5 Å². The van der Waals surface area contributed by atoms with Crippen molar-refractivity contribution in [1.29, 1.82) is 0 Å². The molecule has 0 spiro atoms. The topological polar surface area (TPSA) is 90.3 Å². The Morgan fingerprint density at radius 3 is 2.60 bits per heavy atom. The van der Waals surface area contributed by atoms with Gasteiger partial charge in [-0.15, -0.1) is 5.10 Å². The van der Waals surface area contributed by atoms with E-state index in [0.29, 0.717) is 50.5 Å². The molecule has 5 rings (SSSR count). The van der Waals surface area contributed by atoms with Crippen LogP contribution in [0.3, 0.4) is 0 Å². The lowest BCUT2D eigenvalue weighted by Gasteiger charge is -2.29. The second kappa shape index (κ2) is 13.3. The number of aromatic nitrogens is 3. The third-order valence-electron chi connectivity index (χ3n) is 7.19. The number of anilines is 2. The van der Waals surface area contributed by atoms with E-state index in [1.54, 1.807) is 16.8 Å². The average Bonchev–Trinajstić information content (AvgIpc) is 3.37. The number of nitrogens with one attached hydrogen (secondary N) is 2. The molecule has 0 saturated heterocycles. The Morgan fingerprint density at radius 1 is 1.05 bits per heavy atom. The number of allylic oxidation sites excluding steroid dienone is 1. The number of hydrogen-bond donors (Lipinski definition) is 2. The molecule has 43 heavy (non-hydrogen) atoms. The summed E-state index contributed by atoms with van der Waals surface area (Å²) < 4.78 is 13.9. The minimum Gasteiger partial charge on any atom is -0.490 e. The summed E-state index contributed by atoms with van der Waals surface area (Å²) in [6.45, 7) is 10.5. The van der Waals surface area contributed by atoms with Crippen molar-refractivity contribution >= 4 is 52.5 Å². The van der Waals surface area contributed by atoms with Crippen LogP contribution in [0.15, 0.2) is 71.0 Å². The van der Waals surface area contributed by atoms with Gasteiger partial charge in [0, 0.05) is 27.0 Å². The number of hydrogen-bond acceptors (Lipinski definition) is 7. The molecular formula is C32H33Cl2N5O3S. The van der Waals surface area contributed by atoms with Gasteiger partial charge in [0.2, 0.25) is 11.1 Å². The number of thioether (sulfide) groups is 1. The fraction of sp³-hybridized carbons (Fsp3) is 0.281. The summed E-state index contributed by atoms with van der Waals surface area (Å²) in [6.07, 6.45) is 0. The maximum Gasteiger partial charge on any atom is 0.255 e. The van der Waals surface area contributed by atoms with Gasteiger partial charge in [-0.1, -0.05) is 66.2 Å². The van der Waals surface area contributed by atoms with Gasteiger partial charge in [-0.25, -0.2) is 4.68 Å². The van der Waals surface area contributed by atoms with Gasteiger partial charge in [0.05, 0.1) is 12.2 Å². The molecule has 1 atom stereocenters. The molecule has 224 valence electrons. The SMILES string of the molecule is CCOc1cc(C2C(C(=O)Nc3cccc(C)c3C)=C(C)Nc3nc(SCC)nn32)ccc1OCc1ccc(Cl)cc1Cl. The van der Waals surface area contributed by atoms with Gasteiger partial charge in [0.25, 0.3) is 5.91 Å². The molecule has 0 fully saturated rings. The Morgan fingerprint density at radius 2 is 1.86 bits per heavy atom. The quantitative estimate of drug-likeness (QED) is 0.169. The summed E-state index contributed by atoms with van der Waals surface area (Å²) in [5.41, 5.74) is 5.68. The lowest BCUT2D eigenvalue weighted by atomic mass is 9.94. The highest BCUT2D eigenvalue weighted by Crippen LogP contribution is 2.40. The zero-order chi connectivity index (χ0) is 30.7. The van der Waals surface area contributed by atoms with Gasteiger partial charge in [-0.2, -0.15) is 4.98 Å². The second-order valence-corrected chi connectivity index (χ2v) is 12.1. The number of nitrogens with zero attached hydrogens (tertiary/aromatic N) is 3. The van der Waals surface area contributed by atoms with Gasteiger partial charge < -0.3 is 20.1 Å². The molecule has 1 aromatic heterocycles. The average molecular weight is 639 g/mol. The van der Waals surface area contributed by atoms with Crippen LogP contribution in [-0.2, 0) is 11.4 Å². The first kappa shape index (κ1) is 30.8. The first-order valence-electron chi connectivity index (χ1n) is 14.0. The van der Waals surface area contributed by atoms with E-state index in [4.69, 9.17) is 37.8 Å². The van der Waals surface area contributed by atoms with Gasteiger partial charge in [0.1, 0.15) is 12.6 Å². The lowest BCUT2D eigenvalue weighted by molar-refractivity contribution is -0.113. The van der Waals surface area contributed by atoms with E-state index in [1.165, 1.54) is 11.8 Å². The number of carbonyl (C=O) groups is 1. The zero-order valence-corrected chi connectivity index (χ0v) is 27.0. The number of ether oxygens (including phenoxy) is 2. The van der Waals surface area contributed by atoms with Crippen LogP contribution in [0.2, 0.25) is 10.0 Å². The molecule has 1 amide bonds. The summed E-state index contributed by atoms with van der Waals surface area (Å²) in [5.74, 6) is 2.25. The number of fused-ring (bicyclic) bond motifs is 1.